The number of benzene rings is 2. The van der Waals surface area contributed by atoms with Crippen LogP contribution in [0.4, 0.5) is 0 Å². The molecular formula is C23H29N3O2. The second kappa shape index (κ2) is 9.51. The molecule has 0 bridgehead atoms. The molecule has 0 radical (unpaired) electrons. The van der Waals surface area contributed by atoms with Crippen molar-refractivity contribution in [1.29, 1.82) is 0 Å². The van der Waals surface area contributed by atoms with Crippen LogP contribution in [-0.2, 0) is 4.79 Å². The summed E-state index contributed by atoms with van der Waals surface area (Å²) >= 11 is 0. The van der Waals surface area contributed by atoms with Gasteiger partial charge >= 0.3 is 0 Å². The molecule has 28 heavy (non-hydrogen) atoms. The molecule has 0 aliphatic carbocycles. The van der Waals surface area contributed by atoms with E-state index in [1.165, 1.54) is 0 Å². The Bertz CT molecular complexity index is 807. The number of aryl methyl sites for hydroxylation is 1. The minimum Gasteiger partial charge on any atom is -0.348 e. The molecule has 1 aliphatic rings. The van der Waals surface area contributed by atoms with E-state index in [1.807, 2.05) is 73.3 Å². The van der Waals surface area contributed by atoms with Gasteiger partial charge in [-0.1, -0.05) is 48.0 Å². The van der Waals surface area contributed by atoms with Crippen LogP contribution in [0.25, 0.3) is 0 Å². The molecule has 5 heteroatoms. The molecule has 3 rings (SSSR count). The summed E-state index contributed by atoms with van der Waals surface area (Å²) in [7, 11) is 0. The third kappa shape index (κ3) is 5.42. The summed E-state index contributed by atoms with van der Waals surface area (Å²) < 4.78 is 0. The highest BCUT2D eigenvalue weighted by atomic mass is 16.2. The van der Waals surface area contributed by atoms with Gasteiger partial charge in [0.1, 0.15) is 0 Å². The van der Waals surface area contributed by atoms with Gasteiger partial charge in [-0.05, 0) is 38.0 Å². The maximum atomic E-state index is 12.8. The van der Waals surface area contributed by atoms with Crippen LogP contribution in [0.15, 0.2) is 54.6 Å². The van der Waals surface area contributed by atoms with Gasteiger partial charge in [0.25, 0.3) is 5.91 Å². The lowest BCUT2D eigenvalue weighted by molar-refractivity contribution is -0.122. The van der Waals surface area contributed by atoms with E-state index < -0.39 is 0 Å². The van der Waals surface area contributed by atoms with Crippen molar-refractivity contribution in [3.05, 3.63) is 71.3 Å². The Kier molecular flexibility index (Phi) is 6.82. The van der Waals surface area contributed by atoms with E-state index in [1.54, 1.807) is 0 Å². The molecular weight excluding hydrogens is 350 g/mol. The van der Waals surface area contributed by atoms with E-state index in [0.29, 0.717) is 19.6 Å². The van der Waals surface area contributed by atoms with Crippen molar-refractivity contribution in [2.75, 3.05) is 32.7 Å². The van der Waals surface area contributed by atoms with Crippen LogP contribution in [0.2, 0.25) is 0 Å². The molecule has 1 N–H and O–H groups in total. The Hall–Kier alpha value is -2.66. The van der Waals surface area contributed by atoms with Gasteiger partial charge in [-0.3, -0.25) is 14.5 Å². The van der Waals surface area contributed by atoms with Gasteiger partial charge < -0.3 is 10.2 Å². The summed E-state index contributed by atoms with van der Waals surface area (Å²) in [6.45, 7) is 7.27. The van der Waals surface area contributed by atoms with Crippen molar-refractivity contribution >= 4 is 11.8 Å². The molecule has 1 unspecified atom stereocenters. The molecule has 2 aromatic carbocycles. The predicted octanol–water partition coefficient (Wildman–Crippen LogP) is 3.02. The van der Waals surface area contributed by atoms with Crippen molar-refractivity contribution in [2.24, 2.45) is 0 Å². The molecule has 0 aromatic heterocycles. The number of carbonyl (C=O) groups excluding carboxylic acids is 2. The van der Waals surface area contributed by atoms with Crippen LogP contribution in [0.3, 0.4) is 0 Å². The SMILES string of the molecule is Cc1cccc(C(=O)N2CCCN(CC(=O)NC(C)c3ccccc3)CC2)c1. The molecule has 1 atom stereocenters. The lowest BCUT2D eigenvalue weighted by Crippen LogP contribution is -2.40. The third-order valence-electron chi connectivity index (χ3n) is 5.19. The summed E-state index contributed by atoms with van der Waals surface area (Å²) in [6.07, 6.45) is 0.874. The molecule has 5 nitrogen and oxygen atoms in total. The molecule has 0 spiro atoms. The minimum atomic E-state index is -0.0138. The van der Waals surface area contributed by atoms with Gasteiger partial charge in [0.15, 0.2) is 0 Å². The highest BCUT2D eigenvalue weighted by Crippen LogP contribution is 2.13. The molecule has 148 valence electrons. The van der Waals surface area contributed by atoms with Crippen LogP contribution in [0.1, 0.15) is 40.9 Å². The zero-order valence-corrected chi connectivity index (χ0v) is 16.7. The van der Waals surface area contributed by atoms with Crippen molar-refractivity contribution in [1.82, 2.24) is 15.1 Å². The maximum absolute atomic E-state index is 12.8. The first kappa shape index (κ1) is 20.1. The lowest BCUT2D eigenvalue weighted by atomic mass is 10.1. The fourth-order valence-corrected chi connectivity index (χ4v) is 3.61. The Morgan fingerprint density at radius 2 is 1.79 bits per heavy atom. The van der Waals surface area contributed by atoms with E-state index in [4.69, 9.17) is 0 Å². The second-order valence-electron chi connectivity index (χ2n) is 7.49. The molecule has 0 saturated carbocycles. The molecule has 1 aliphatic heterocycles. The Morgan fingerprint density at radius 3 is 2.54 bits per heavy atom. The quantitative estimate of drug-likeness (QED) is 0.869. The van der Waals surface area contributed by atoms with Crippen LogP contribution < -0.4 is 5.32 Å². The monoisotopic (exact) mass is 379 g/mol. The van der Waals surface area contributed by atoms with Gasteiger partial charge in [0.05, 0.1) is 12.6 Å². The molecule has 1 saturated heterocycles. The number of amides is 2. The molecule has 2 amide bonds. The number of carbonyl (C=O) groups is 2. The topological polar surface area (TPSA) is 52.7 Å². The van der Waals surface area contributed by atoms with E-state index in [0.717, 1.165) is 36.2 Å². The predicted molar refractivity (Wildman–Crippen MR) is 111 cm³/mol. The van der Waals surface area contributed by atoms with Gasteiger partial charge in [0.2, 0.25) is 5.91 Å². The number of hydrogen-bond donors (Lipinski definition) is 1. The Morgan fingerprint density at radius 1 is 1.00 bits per heavy atom. The highest BCUT2D eigenvalue weighted by molar-refractivity contribution is 5.94. The fraction of sp³-hybridized carbons (Fsp3) is 0.391. The van der Waals surface area contributed by atoms with Gasteiger partial charge in [-0.15, -0.1) is 0 Å². The zero-order chi connectivity index (χ0) is 19.9. The molecule has 2 aromatic rings. The fourth-order valence-electron chi connectivity index (χ4n) is 3.61. The third-order valence-corrected chi connectivity index (χ3v) is 5.19. The van der Waals surface area contributed by atoms with E-state index in [2.05, 4.69) is 10.2 Å². The number of hydrogen-bond acceptors (Lipinski definition) is 3. The number of rotatable bonds is 5. The van der Waals surface area contributed by atoms with Crippen LogP contribution >= 0.6 is 0 Å². The average molecular weight is 380 g/mol. The maximum Gasteiger partial charge on any atom is 0.253 e. The van der Waals surface area contributed by atoms with E-state index in [-0.39, 0.29) is 17.9 Å². The Labute approximate surface area is 167 Å². The summed E-state index contributed by atoms with van der Waals surface area (Å²) in [4.78, 5) is 29.2. The number of nitrogens with one attached hydrogen (secondary N) is 1. The smallest absolute Gasteiger partial charge is 0.253 e. The Balaban J connectivity index is 1.51. The van der Waals surface area contributed by atoms with Crippen molar-refractivity contribution < 1.29 is 9.59 Å². The van der Waals surface area contributed by atoms with Crippen molar-refractivity contribution in [3.8, 4) is 0 Å². The normalized spacial score (nSPS) is 16.3. The van der Waals surface area contributed by atoms with E-state index in [9.17, 15) is 9.59 Å². The first-order valence-corrected chi connectivity index (χ1v) is 9.95. The first-order valence-electron chi connectivity index (χ1n) is 9.95. The first-order chi connectivity index (χ1) is 13.5. The summed E-state index contributed by atoms with van der Waals surface area (Å²) in [6, 6.07) is 17.7. The minimum absolute atomic E-state index is 0.0138. The van der Waals surface area contributed by atoms with Gasteiger partial charge in [-0.2, -0.15) is 0 Å². The lowest BCUT2D eigenvalue weighted by Gasteiger charge is -2.23. The standard InChI is InChI=1S/C23H29N3O2/c1-18-8-6-11-21(16-18)23(28)26-13-7-12-25(14-15-26)17-22(27)24-19(2)20-9-4-3-5-10-20/h3-6,8-11,16,19H,7,12-15,17H2,1-2H3,(H,24,27). The summed E-state index contributed by atoms with van der Waals surface area (Å²) in [5.74, 6) is 0.0996. The van der Waals surface area contributed by atoms with Crippen LogP contribution in [-0.4, -0.2) is 54.3 Å². The van der Waals surface area contributed by atoms with Crippen molar-refractivity contribution in [2.45, 2.75) is 26.3 Å². The van der Waals surface area contributed by atoms with Gasteiger partial charge in [-0.25, -0.2) is 0 Å². The van der Waals surface area contributed by atoms with Crippen LogP contribution in [0, 0.1) is 6.92 Å². The number of nitrogens with zero attached hydrogens (tertiary/aromatic N) is 2. The largest absolute Gasteiger partial charge is 0.348 e. The molecule has 1 fully saturated rings. The summed E-state index contributed by atoms with van der Waals surface area (Å²) in [5, 5.41) is 3.07. The van der Waals surface area contributed by atoms with Gasteiger partial charge in [0, 0.05) is 31.7 Å². The summed E-state index contributed by atoms with van der Waals surface area (Å²) in [5.41, 5.74) is 2.93. The highest BCUT2D eigenvalue weighted by Gasteiger charge is 2.22. The van der Waals surface area contributed by atoms with Crippen LogP contribution in [0.5, 0.6) is 0 Å². The molecule has 1 heterocycles. The van der Waals surface area contributed by atoms with Crippen molar-refractivity contribution in [3.63, 3.8) is 0 Å². The average Bonchev–Trinajstić information content (AvgIpc) is 2.93. The zero-order valence-electron chi connectivity index (χ0n) is 16.7. The second-order valence-corrected chi connectivity index (χ2v) is 7.49. The van der Waals surface area contributed by atoms with E-state index >= 15 is 0 Å².